The molecule has 1 amide bonds. The molecule has 0 spiro atoms. The summed E-state index contributed by atoms with van der Waals surface area (Å²) in [6, 6.07) is -0.208. The molecule has 1 unspecified atom stereocenters. The first kappa shape index (κ1) is 11.2. The first-order valence-electron chi connectivity index (χ1n) is 4.58. The van der Waals surface area contributed by atoms with Gasteiger partial charge in [0.25, 0.3) is 6.43 Å². The van der Waals surface area contributed by atoms with Crippen LogP contribution in [-0.2, 0) is 0 Å². The maximum atomic E-state index is 12.0. The molecule has 1 atom stereocenters. The van der Waals surface area contributed by atoms with Crippen molar-refractivity contribution in [2.75, 3.05) is 19.6 Å². The molecule has 1 aliphatic rings. The van der Waals surface area contributed by atoms with Crippen LogP contribution in [0.1, 0.15) is 12.8 Å². The van der Waals surface area contributed by atoms with Gasteiger partial charge in [-0.1, -0.05) is 0 Å². The standard InChI is InChI=1S/C8H14F2N2O2/c9-7(10)5-12-3-1-2-6(4-12)11-8(13)14/h6-7,11H,1-5H2,(H,13,14). The number of nitrogens with one attached hydrogen (secondary N) is 1. The van der Waals surface area contributed by atoms with Gasteiger partial charge in [-0.3, -0.25) is 4.90 Å². The van der Waals surface area contributed by atoms with Crippen molar-refractivity contribution in [2.45, 2.75) is 25.3 Å². The number of amides is 1. The van der Waals surface area contributed by atoms with Crippen molar-refractivity contribution < 1.29 is 18.7 Å². The first-order valence-corrected chi connectivity index (χ1v) is 4.58. The fourth-order valence-corrected chi connectivity index (χ4v) is 1.71. The Balaban J connectivity index is 2.32. The molecule has 4 nitrogen and oxygen atoms in total. The van der Waals surface area contributed by atoms with Crippen molar-refractivity contribution in [2.24, 2.45) is 0 Å². The number of alkyl halides is 2. The van der Waals surface area contributed by atoms with Gasteiger partial charge in [-0.2, -0.15) is 0 Å². The minimum atomic E-state index is -2.35. The Hall–Kier alpha value is -0.910. The highest BCUT2D eigenvalue weighted by Crippen LogP contribution is 2.11. The van der Waals surface area contributed by atoms with Crippen LogP contribution in [0.25, 0.3) is 0 Å². The third-order valence-electron chi connectivity index (χ3n) is 2.23. The minimum Gasteiger partial charge on any atom is -0.465 e. The zero-order valence-electron chi connectivity index (χ0n) is 7.75. The van der Waals surface area contributed by atoms with Gasteiger partial charge in [0.05, 0.1) is 6.54 Å². The fraction of sp³-hybridized carbons (Fsp3) is 0.875. The highest BCUT2D eigenvalue weighted by atomic mass is 19.3. The van der Waals surface area contributed by atoms with E-state index in [2.05, 4.69) is 5.32 Å². The molecule has 1 fully saturated rings. The Kier molecular flexibility index (Phi) is 4.06. The molecule has 1 saturated heterocycles. The molecule has 2 N–H and O–H groups in total. The zero-order valence-corrected chi connectivity index (χ0v) is 7.75. The van der Waals surface area contributed by atoms with Crippen molar-refractivity contribution in [3.8, 4) is 0 Å². The number of likely N-dealkylation sites (tertiary alicyclic amines) is 1. The van der Waals surface area contributed by atoms with E-state index in [1.165, 1.54) is 0 Å². The van der Waals surface area contributed by atoms with Gasteiger partial charge in [-0.25, -0.2) is 13.6 Å². The molecule has 82 valence electrons. The number of hydrogen-bond donors (Lipinski definition) is 2. The largest absolute Gasteiger partial charge is 0.465 e. The first-order chi connectivity index (χ1) is 6.58. The quantitative estimate of drug-likeness (QED) is 0.727. The smallest absolute Gasteiger partial charge is 0.404 e. The number of rotatable bonds is 3. The number of carboxylic acid groups (broad SMARTS) is 1. The number of nitrogens with zero attached hydrogens (tertiary/aromatic N) is 1. The van der Waals surface area contributed by atoms with E-state index < -0.39 is 12.5 Å². The van der Waals surface area contributed by atoms with E-state index in [1.807, 2.05) is 0 Å². The summed E-state index contributed by atoms with van der Waals surface area (Å²) in [6.07, 6.45) is -1.95. The van der Waals surface area contributed by atoms with E-state index in [1.54, 1.807) is 4.90 Å². The molecule has 6 heteroatoms. The molecule has 14 heavy (non-hydrogen) atoms. The average Bonchev–Trinajstić information content (AvgIpc) is 2.01. The van der Waals surface area contributed by atoms with Gasteiger partial charge < -0.3 is 10.4 Å². The lowest BCUT2D eigenvalue weighted by Gasteiger charge is -2.32. The Labute approximate surface area is 80.9 Å². The summed E-state index contributed by atoms with van der Waals surface area (Å²) >= 11 is 0. The predicted octanol–water partition coefficient (Wildman–Crippen LogP) is 0.984. The number of piperidine rings is 1. The van der Waals surface area contributed by atoms with Crippen LogP contribution in [0.15, 0.2) is 0 Å². The second-order valence-corrected chi connectivity index (χ2v) is 3.44. The van der Waals surface area contributed by atoms with Crippen LogP contribution in [0, 0.1) is 0 Å². The normalized spacial score (nSPS) is 23.8. The number of hydrogen-bond acceptors (Lipinski definition) is 2. The van der Waals surface area contributed by atoms with E-state index in [-0.39, 0.29) is 12.6 Å². The summed E-state index contributed by atoms with van der Waals surface area (Å²) in [6.45, 7) is 0.747. The van der Waals surface area contributed by atoms with Crippen LogP contribution < -0.4 is 5.32 Å². The summed E-state index contributed by atoms with van der Waals surface area (Å²) in [5.41, 5.74) is 0. The summed E-state index contributed by atoms with van der Waals surface area (Å²) in [4.78, 5) is 11.9. The van der Waals surface area contributed by atoms with Gasteiger partial charge in [0.2, 0.25) is 0 Å². The molecule has 0 aromatic carbocycles. The highest BCUT2D eigenvalue weighted by molar-refractivity contribution is 5.64. The Bertz CT molecular complexity index is 202. The molecule has 0 aromatic rings. The molecule has 0 bridgehead atoms. The second kappa shape index (κ2) is 5.09. The Morgan fingerprint density at radius 3 is 2.93 bits per heavy atom. The van der Waals surface area contributed by atoms with Crippen LogP contribution in [-0.4, -0.2) is 48.2 Å². The summed E-state index contributed by atoms with van der Waals surface area (Å²) < 4.78 is 24.1. The zero-order chi connectivity index (χ0) is 10.6. The molecule has 0 aliphatic carbocycles. The van der Waals surface area contributed by atoms with Gasteiger partial charge in [-0.15, -0.1) is 0 Å². The summed E-state index contributed by atoms with van der Waals surface area (Å²) in [5, 5.41) is 10.8. The summed E-state index contributed by atoms with van der Waals surface area (Å²) in [5.74, 6) is 0. The topological polar surface area (TPSA) is 52.6 Å². The molecule has 0 saturated carbocycles. The molecular formula is C8H14F2N2O2. The monoisotopic (exact) mass is 208 g/mol. The van der Waals surface area contributed by atoms with Gasteiger partial charge in [-0.05, 0) is 19.4 Å². The molecular weight excluding hydrogens is 194 g/mol. The van der Waals surface area contributed by atoms with Crippen LogP contribution in [0.3, 0.4) is 0 Å². The van der Waals surface area contributed by atoms with Crippen LogP contribution in [0.4, 0.5) is 13.6 Å². The lowest BCUT2D eigenvalue weighted by atomic mass is 10.1. The minimum absolute atomic E-state index is 0.208. The van der Waals surface area contributed by atoms with Crippen LogP contribution in [0.5, 0.6) is 0 Å². The van der Waals surface area contributed by atoms with E-state index in [0.29, 0.717) is 13.1 Å². The number of halogens is 2. The van der Waals surface area contributed by atoms with Crippen LogP contribution >= 0.6 is 0 Å². The molecule has 1 heterocycles. The van der Waals surface area contributed by atoms with Gasteiger partial charge >= 0.3 is 6.09 Å². The lowest BCUT2D eigenvalue weighted by Crippen LogP contribution is -2.48. The number of carbonyl (C=O) groups is 1. The fourth-order valence-electron chi connectivity index (χ4n) is 1.71. The van der Waals surface area contributed by atoms with Gasteiger partial charge in [0.1, 0.15) is 0 Å². The van der Waals surface area contributed by atoms with Crippen molar-refractivity contribution >= 4 is 6.09 Å². The van der Waals surface area contributed by atoms with Crippen molar-refractivity contribution in [3.05, 3.63) is 0 Å². The molecule has 1 aliphatic heterocycles. The van der Waals surface area contributed by atoms with E-state index >= 15 is 0 Å². The maximum Gasteiger partial charge on any atom is 0.404 e. The lowest BCUT2D eigenvalue weighted by molar-refractivity contribution is 0.0706. The molecule has 1 rings (SSSR count). The predicted molar refractivity (Wildman–Crippen MR) is 46.6 cm³/mol. The third-order valence-corrected chi connectivity index (χ3v) is 2.23. The Morgan fingerprint density at radius 2 is 2.36 bits per heavy atom. The van der Waals surface area contributed by atoms with Gasteiger partial charge in [0.15, 0.2) is 0 Å². The van der Waals surface area contributed by atoms with E-state index in [0.717, 1.165) is 12.8 Å². The van der Waals surface area contributed by atoms with Crippen molar-refractivity contribution in [1.82, 2.24) is 10.2 Å². The van der Waals surface area contributed by atoms with Crippen LogP contribution in [0.2, 0.25) is 0 Å². The average molecular weight is 208 g/mol. The third kappa shape index (κ3) is 3.87. The molecule has 0 radical (unpaired) electrons. The van der Waals surface area contributed by atoms with E-state index in [9.17, 15) is 13.6 Å². The highest BCUT2D eigenvalue weighted by Gasteiger charge is 2.22. The maximum absolute atomic E-state index is 12.0. The van der Waals surface area contributed by atoms with Gasteiger partial charge in [0, 0.05) is 12.6 Å². The van der Waals surface area contributed by atoms with Crippen molar-refractivity contribution in [1.29, 1.82) is 0 Å². The SMILES string of the molecule is O=C(O)NC1CCCN(CC(F)F)C1. The Morgan fingerprint density at radius 1 is 1.64 bits per heavy atom. The summed E-state index contributed by atoms with van der Waals surface area (Å²) in [7, 11) is 0. The molecule has 0 aromatic heterocycles. The van der Waals surface area contributed by atoms with Crippen molar-refractivity contribution in [3.63, 3.8) is 0 Å². The van der Waals surface area contributed by atoms with E-state index in [4.69, 9.17) is 5.11 Å². The second-order valence-electron chi connectivity index (χ2n) is 3.44.